The highest BCUT2D eigenvalue weighted by atomic mass is 16.5. The number of hydrogen-bond donors (Lipinski definition) is 3. The molecule has 0 fully saturated rings. The van der Waals surface area contributed by atoms with Crippen LogP contribution in [0.25, 0.3) is 0 Å². The second-order valence-corrected chi connectivity index (χ2v) is 26.0. The van der Waals surface area contributed by atoms with Gasteiger partial charge in [0.05, 0.1) is 25.4 Å². The molecule has 6 heteroatoms. The van der Waals surface area contributed by atoms with E-state index in [2.05, 4.69) is 19.2 Å². The Balaban J connectivity index is 3.33. The van der Waals surface area contributed by atoms with Crippen molar-refractivity contribution in [2.24, 2.45) is 0 Å². The van der Waals surface area contributed by atoms with E-state index >= 15 is 0 Å². The van der Waals surface area contributed by atoms with E-state index in [1.54, 1.807) is 6.08 Å². The molecule has 0 aromatic rings. The van der Waals surface area contributed by atoms with Gasteiger partial charge in [0, 0.05) is 12.8 Å². The highest BCUT2D eigenvalue weighted by Crippen LogP contribution is 2.20. The summed E-state index contributed by atoms with van der Waals surface area (Å²) in [5.41, 5.74) is 0. The monoisotopic (exact) mass is 1140 g/mol. The van der Waals surface area contributed by atoms with Gasteiger partial charge in [-0.3, -0.25) is 9.59 Å². The molecular formula is C75H147NO5. The van der Waals surface area contributed by atoms with Crippen molar-refractivity contribution in [3.8, 4) is 0 Å². The summed E-state index contributed by atoms with van der Waals surface area (Å²) >= 11 is 0. The van der Waals surface area contributed by atoms with Crippen LogP contribution >= 0.6 is 0 Å². The number of carbonyl (C=O) groups is 2. The van der Waals surface area contributed by atoms with Crippen molar-refractivity contribution in [1.82, 2.24) is 5.32 Å². The van der Waals surface area contributed by atoms with E-state index < -0.39 is 12.1 Å². The van der Waals surface area contributed by atoms with Gasteiger partial charge in [0.15, 0.2) is 0 Å². The van der Waals surface area contributed by atoms with Crippen LogP contribution in [0.5, 0.6) is 0 Å². The normalized spacial score (nSPS) is 12.5. The highest BCUT2D eigenvalue weighted by Gasteiger charge is 2.18. The first-order valence-electron chi connectivity index (χ1n) is 37.5. The van der Waals surface area contributed by atoms with Gasteiger partial charge in [-0.05, 0) is 32.1 Å². The Kier molecular flexibility index (Phi) is 69.9. The summed E-state index contributed by atoms with van der Waals surface area (Å²) < 4.78 is 5.51. The number of amides is 1. The molecule has 1 amide bonds. The van der Waals surface area contributed by atoms with Crippen LogP contribution in [0.1, 0.15) is 431 Å². The maximum atomic E-state index is 12.5. The quantitative estimate of drug-likeness (QED) is 0.0320. The van der Waals surface area contributed by atoms with Gasteiger partial charge in [0.2, 0.25) is 5.91 Å². The number of rotatable bonds is 71. The second kappa shape index (κ2) is 71.1. The zero-order chi connectivity index (χ0) is 58.5. The van der Waals surface area contributed by atoms with Crippen molar-refractivity contribution in [3.63, 3.8) is 0 Å². The Morgan fingerprint density at radius 1 is 0.333 bits per heavy atom. The number of aliphatic hydroxyl groups excluding tert-OH is 2. The molecule has 81 heavy (non-hydrogen) atoms. The molecule has 0 heterocycles. The maximum Gasteiger partial charge on any atom is 0.305 e. The summed E-state index contributed by atoms with van der Waals surface area (Å²) in [4.78, 5) is 24.6. The minimum Gasteiger partial charge on any atom is -0.466 e. The summed E-state index contributed by atoms with van der Waals surface area (Å²) in [5, 5.41) is 23.2. The van der Waals surface area contributed by atoms with Gasteiger partial charge < -0.3 is 20.3 Å². The van der Waals surface area contributed by atoms with Crippen molar-refractivity contribution in [2.45, 2.75) is 443 Å². The zero-order valence-electron chi connectivity index (χ0n) is 55.3. The fraction of sp³-hybridized carbons (Fsp3) is 0.947. The minimum absolute atomic E-state index is 0.0244. The van der Waals surface area contributed by atoms with Crippen LogP contribution in [0.4, 0.5) is 0 Å². The van der Waals surface area contributed by atoms with Gasteiger partial charge in [0.1, 0.15) is 0 Å². The summed E-state index contributed by atoms with van der Waals surface area (Å²) in [6.45, 7) is 4.96. The van der Waals surface area contributed by atoms with E-state index in [1.807, 2.05) is 6.08 Å². The van der Waals surface area contributed by atoms with Gasteiger partial charge in [-0.25, -0.2) is 0 Å². The predicted octanol–water partition coefficient (Wildman–Crippen LogP) is 24.3. The Bertz CT molecular complexity index is 1220. The molecule has 0 radical (unpaired) electrons. The van der Waals surface area contributed by atoms with E-state index in [1.165, 1.54) is 366 Å². The maximum absolute atomic E-state index is 12.5. The van der Waals surface area contributed by atoms with Gasteiger partial charge in [-0.1, -0.05) is 398 Å². The summed E-state index contributed by atoms with van der Waals surface area (Å²) in [6, 6.07) is -0.625. The molecule has 2 unspecified atom stereocenters. The fourth-order valence-corrected chi connectivity index (χ4v) is 12.1. The molecule has 0 aliphatic rings. The van der Waals surface area contributed by atoms with Gasteiger partial charge in [-0.15, -0.1) is 0 Å². The SMILES string of the molecule is CCCCCCCCCCCCCCCCCC/C=C/C(O)C(CO)NC(=O)CCCCCCCCCCCCCCCCCCCCCCCCCCCCCCCCOC(=O)CCCCCCCCCCCCCCCCCC. The van der Waals surface area contributed by atoms with Gasteiger partial charge in [0.25, 0.3) is 0 Å². The first-order valence-corrected chi connectivity index (χ1v) is 37.5. The molecule has 0 aromatic carbocycles. The zero-order valence-corrected chi connectivity index (χ0v) is 55.3. The second-order valence-electron chi connectivity index (χ2n) is 26.0. The Morgan fingerprint density at radius 3 is 0.840 bits per heavy atom. The van der Waals surface area contributed by atoms with Crippen LogP contribution in [0, 0.1) is 0 Å². The molecule has 482 valence electrons. The van der Waals surface area contributed by atoms with Crippen LogP contribution in [0.2, 0.25) is 0 Å². The lowest BCUT2D eigenvalue weighted by Gasteiger charge is -2.20. The number of nitrogens with one attached hydrogen (secondary N) is 1. The van der Waals surface area contributed by atoms with E-state index in [9.17, 15) is 19.8 Å². The average Bonchev–Trinajstić information content (AvgIpc) is 3.47. The molecule has 6 nitrogen and oxygen atoms in total. The number of ether oxygens (including phenoxy) is 1. The number of esters is 1. The third-order valence-electron chi connectivity index (χ3n) is 17.8. The van der Waals surface area contributed by atoms with Crippen molar-refractivity contribution in [2.75, 3.05) is 13.2 Å². The van der Waals surface area contributed by atoms with Gasteiger partial charge in [-0.2, -0.15) is 0 Å². The Hall–Kier alpha value is -1.40. The largest absolute Gasteiger partial charge is 0.466 e. The lowest BCUT2D eigenvalue weighted by Crippen LogP contribution is -2.45. The fourth-order valence-electron chi connectivity index (χ4n) is 12.1. The van der Waals surface area contributed by atoms with Crippen LogP contribution in [0.3, 0.4) is 0 Å². The molecule has 2 atom stereocenters. The summed E-state index contributed by atoms with van der Waals surface area (Å²) in [6.07, 6.45) is 88.8. The molecule has 0 spiro atoms. The smallest absolute Gasteiger partial charge is 0.305 e. The summed E-state index contributed by atoms with van der Waals surface area (Å²) in [7, 11) is 0. The van der Waals surface area contributed by atoms with Crippen molar-refractivity contribution < 1.29 is 24.5 Å². The average molecular weight is 1140 g/mol. The van der Waals surface area contributed by atoms with Crippen LogP contribution in [-0.4, -0.2) is 47.4 Å². The first-order chi connectivity index (χ1) is 40.0. The molecule has 0 saturated heterocycles. The number of allylic oxidation sites excluding steroid dienone is 1. The molecule has 0 rings (SSSR count). The molecule has 0 bridgehead atoms. The molecular weight excluding hydrogens is 995 g/mol. The van der Waals surface area contributed by atoms with Gasteiger partial charge >= 0.3 is 5.97 Å². The standard InChI is InChI=1S/C75H147NO5/c1-3-5-7-9-11-13-15-17-19-21-36-39-43-47-51-55-59-63-67-73(78)72(71-77)76-74(79)68-64-60-56-52-48-44-40-37-34-32-30-28-26-24-22-23-25-27-29-31-33-35-38-42-46-50-54-58-62-66-70-81-75(80)69-65-61-57-53-49-45-41-20-18-16-14-12-10-8-6-4-2/h63,67,72-73,77-78H,3-62,64-66,68-71H2,1-2H3,(H,76,79)/b67-63+. The van der Waals surface area contributed by atoms with Crippen molar-refractivity contribution >= 4 is 11.9 Å². The first kappa shape index (κ1) is 79.6. The Labute approximate surface area is 508 Å². The van der Waals surface area contributed by atoms with Crippen molar-refractivity contribution in [1.29, 1.82) is 0 Å². The number of carbonyl (C=O) groups excluding carboxylic acids is 2. The van der Waals surface area contributed by atoms with E-state index in [0.29, 0.717) is 19.4 Å². The molecule has 0 aliphatic carbocycles. The third-order valence-corrected chi connectivity index (χ3v) is 17.8. The van der Waals surface area contributed by atoms with Crippen molar-refractivity contribution in [3.05, 3.63) is 12.2 Å². The Morgan fingerprint density at radius 2 is 0.568 bits per heavy atom. The number of unbranched alkanes of at least 4 members (excludes halogenated alkanes) is 60. The topological polar surface area (TPSA) is 95.9 Å². The van der Waals surface area contributed by atoms with E-state index in [-0.39, 0.29) is 18.5 Å². The molecule has 0 saturated carbocycles. The van der Waals surface area contributed by atoms with E-state index in [0.717, 1.165) is 38.5 Å². The number of aliphatic hydroxyl groups is 2. The third kappa shape index (κ3) is 67.6. The lowest BCUT2D eigenvalue weighted by atomic mass is 10.0. The minimum atomic E-state index is -0.841. The summed E-state index contributed by atoms with van der Waals surface area (Å²) in [5.74, 6) is -0.0355. The predicted molar refractivity (Wildman–Crippen MR) is 357 cm³/mol. The van der Waals surface area contributed by atoms with E-state index in [4.69, 9.17) is 4.74 Å². The van der Waals surface area contributed by atoms with Crippen LogP contribution in [-0.2, 0) is 14.3 Å². The lowest BCUT2D eigenvalue weighted by molar-refractivity contribution is -0.143. The molecule has 3 N–H and O–H groups in total. The number of hydrogen-bond acceptors (Lipinski definition) is 5. The molecule has 0 aromatic heterocycles. The molecule has 0 aliphatic heterocycles. The van der Waals surface area contributed by atoms with Crippen LogP contribution in [0.15, 0.2) is 12.2 Å². The highest BCUT2D eigenvalue weighted by molar-refractivity contribution is 5.76. The van der Waals surface area contributed by atoms with Crippen LogP contribution < -0.4 is 5.32 Å².